The number of hydrogen-bond donors (Lipinski definition) is 2. The average molecular weight is 444 g/mol. The highest BCUT2D eigenvalue weighted by Crippen LogP contribution is 2.40. The van der Waals surface area contributed by atoms with Crippen LogP contribution in [0.3, 0.4) is 0 Å². The van der Waals surface area contributed by atoms with Crippen molar-refractivity contribution in [3.8, 4) is 0 Å². The summed E-state index contributed by atoms with van der Waals surface area (Å²) in [5.74, 6) is -0.539. The molecule has 0 aromatic heterocycles. The zero-order valence-corrected chi connectivity index (χ0v) is 18.7. The number of halogens is 1. The van der Waals surface area contributed by atoms with Gasteiger partial charge in [-0.2, -0.15) is 0 Å². The number of imide groups is 1. The van der Waals surface area contributed by atoms with Crippen molar-refractivity contribution in [2.75, 3.05) is 25.0 Å². The molecule has 6 nitrogen and oxygen atoms in total. The van der Waals surface area contributed by atoms with Crippen molar-refractivity contribution >= 4 is 17.5 Å². The summed E-state index contributed by atoms with van der Waals surface area (Å²) < 4.78 is 21.0. The number of benzene rings is 1. The quantitative estimate of drug-likeness (QED) is 0.695. The van der Waals surface area contributed by atoms with Gasteiger partial charge in [0.1, 0.15) is 11.9 Å². The Hall–Kier alpha value is -1.99. The van der Waals surface area contributed by atoms with Crippen LogP contribution in [-0.4, -0.2) is 54.1 Å². The van der Waals surface area contributed by atoms with Crippen LogP contribution < -0.4 is 10.6 Å². The molecule has 1 unspecified atom stereocenters. The van der Waals surface area contributed by atoms with E-state index >= 15 is 0 Å². The van der Waals surface area contributed by atoms with Gasteiger partial charge in [0.2, 0.25) is 11.8 Å². The van der Waals surface area contributed by atoms with E-state index in [1.165, 1.54) is 18.9 Å². The second kappa shape index (κ2) is 9.10. The zero-order chi connectivity index (χ0) is 22.1. The number of anilines is 1. The fourth-order valence-electron chi connectivity index (χ4n) is 6.18. The second-order valence-corrected chi connectivity index (χ2v) is 10.1. The lowest BCUT2D eigenvalue weighted by Gasteiger charge is -2.44. The van der Waals surface area contributed by atoms with Crippen molar-refractivity contribution in [2.24, 2.45) is 0 Å². The first-order valence-corrected chi connectivity index (χ1v) is 12.3. The molecule has 4 fully saturated rings. The Morgan fingerprint density at radius 2 is 1.84 bits per heavy atom. The third-order valence-corrected chi connectivity index (χ3v) is 8.13. The first kappa shape index (κ1) is 21.8. The minimum atomic E-state index is -0.494. The maximum atomic E-state index is 15.0. The van der Waals surface area contributed by atoms with Crippen LogP contribution in [0.1, 0.15) is 75.7 Å². The highest BCUT2D eigenvalue weighted by molar-refractivity contribution is 6.01. The van der Waals surface area contributed by atoms with Crippen LogP contribution in [-0.2, 0) is 14.3 Å². The summed E-state index contributed by atoms with van der Waals surface area (Å²) in [6.45, 7) is 3.19. The van der Waals surface area contributed by atoms with Crippen molar-refractivity contribution < 1.29 is 18.7 Å². The van der Waals surface area contributed by atoms with Gasteiger partial charge in [-0.25, -0.2) is 4.39 Å². The summed E-state index contributed by atoms with van der Waals surface area (Å²) in [4.78, 5) is 25.9. The highest BCUT2D eigenvalue weighted by atomic mass is 19.1. The fourth-order valence-corrected chi connectivity index (χ4v) is 6.18. The van der Waals surface area contributed by atoms with Gasteiger partial charge < -0.3 is 15.0 Å². The molecule has 2 N–H and O–H groups in total. The van der Waals surface area contributed by atoms with Gasteiger partial charge in [-0.05, 0) is 81.4 Å². The molecule has 32 heavy (non-hydrogen) atoms. The Bertz CT molecular complexity index is 852. The van der Waals surface area contributed by atoms with Crippen molar-refractivity contribution in [2.45, 2.75) is 87.8 Å². The van der Waals surface area contributed by atoms with Gasteiger partial charge in [-0.3, -0.25) is 14.9 Å². The summed E-state index contributed by atoms with van der Waals surface area (Å²) in [7, 11) is 0. The molecular formula is C25H34FN3O3. The number of rotatable bonds is 4. The Kier molecular flexibility index (Phi) is 6.21. The number of nitrogens with one attached hydrogen (secondary N) is 2. The third kappa shape index (κ3) is 4.55. The van der Waals surface area contributed by atoms with E-state index in [0.29, 0.717) is 24.6 Å². The summed E-state index contributed by atoms with van der Waals surface area (Å²) in [5.41, 5.74) is 1.54. The molecule has 7 heteroatoms. The smallest absolute Gasteiger partial charge is 0.249 e. The number of carbonyl (C=O) groups excluding carboxylic acids is 2. The first-order chi connectivity index (χ1) is 15.5. The summed E-state index contributed by atoms with van der Waals surface area (Å²) in [6, 6.07) is 5.35. The number of nitrogens with zero attached hydrogens (tertiary/aromatic N) is 1. The first-order valence-electron chi connectivity index (χ1n) is 12.3. The van der Waals surface area contributed by atoms with E-state index in [2.05, 4.69) is 15.5 Å². The zero-order valence-electron chi connectivity index (χ0n) is 18.7. The minimum Gasteiger partial charge on any atom is -0.375 e. The Balaban J connectivity index is 1.14. The minimum absolute atomic E-state index is 0.167. The van der Waals surface area contributed by atoms with Crippen LogP contribution in [0.5, 0.6) is 0 Å². The molecule has 1 aliphatic carbocycles. The SMILES string of the molecule is O=C1CCC(Nc2ccc(C3CCC(N4CCC5(CCCO5)CC4)CC3)c(F)c2)C(=O)N1. The Morgan fingerprint density at radius 1 is 1.06 bits per heavy atom. The van der Waals surface area contributed by atoms with Gasteiger partial charge in [0.25, 0.3) is 0 Å². The number of carbonyl (C=O) groups is 2. The second-order valence-electron chi connectivity index (χ2n) is 10.1. The molecule has 1 saturated carbocycles. The van der Waals surface area contributed by atoms with Gasteiger partial charge in [-0.15, -0.1) is 0 Å². The lowest BCUT2D eigenvalue weighted by Crippen LogP contribution is -2.48. The van der Waals surface area contributed by atoms with Crippen LogP contribution in [0.4, 0.5) is 10.1 Å². The van der Waals surface area contributed by atoms with Gasteiger partial charge in [0.15, 0.2) is 0 Å². The topological polar surface area (TPSA) is 70.7 Å². The summed E-state index contributed by atoms with van der Waals surface area (Å²) >= 11 is 0. The maximum Gasteiger partial charge on any atom is 0.249 e. The summed E-state index contributed by atoms with van der Waals surface area (Å²) in [5, 5.41) is 5.40. The molecule has 0 bridgehead atoms. The van der Waals surface area contributed by atoms with Crippen LogP contribution in [0.15, 0.2) is 18.2 Å². The van der Waals surface area contributed by atoms with E-state index in [4.69, 9.17) is 4.74 Å². The van der Waals surface area contributed by atoms with E-state index in [-0.39, 0.29) is 29.2 Å². The monoisotopic (exact) mass is 443 g/mol. The summed E-state index contributed by atoms with van der Waals surface area (Å²) in [6.07, 6.45) is 9.74. The van der Waals surface area contributed by atoms with Crippen molar-refractivity contribution in [1.82, 2.24) is 10.2 Å². The predicted molar refractivity (Wildman–Crippen MR) is 120 cm³/mol. The van der Waals surface area contributed by atoms with Gasteiger partial charge in [0, 0.05) is 37.8 Å². The third-order valence-electron chi connectivity index (χ3n) is 8.13. The van der Waals surface area contributed by atoms with E-state index in [1.54, 1.807) is 0 Å². The normalized spacial score (nSPS) is 31.0. The number of hydrogen-bond acceptors (Lipinski definition) is 5. The molecule has 3 heterocycles. The molecule has 0 radical (unpaired) electrons. The molecule has 1 aromatic carbocycles. The Morgan fingerprint density at radius 3 is 2.50 bits per heavy atom. The molecule has 4 aliphatic rings. The molecule has 174 valence electrons. The number of amides is 2. The predicted octanol–water partition coefficient (Wildman–Crippen LogP) is 3.71. The molecule has 1 atom stereocenters. The van der Waals surface area contributed by atoms with E-state index in [1.807, 2.05) is 12.1 Å². The average Bonchev–Trinajstić information content (AvgIpc) is 3.24. The number of piperidine rings is 2. The lowest BCUT2D eigenvalue weighted by molar-refractivity contribution is -0.133. The van der Waals surface area contributed by atoms with Crippen molar-refractivity contribution in [3.63, 3.8) is 0 Å². The standard InChI is InChI=1S/C25H34FN3O3/c26-21-16-18(27-22-8-9-23(30)28-24(22)31)4-7-20(21)17-2-5-19(6-3-17)29-13-11-25(12-14-29)10-1-15-32-25/h4,7,16-17,19,22,27H,1-3,5-6,8-15H2,(H,28,30,31). The largest absolute Gasteiger partial charge is 0.375 e. The van der Waals surface area contributed by atoms with Crippen LogP contribution >= 0.6 is 0 Å². The van der Waals surface area contributed by atoms with E-state index in [0.717, 1.165) is 63.8 Å². The molecular weight excluding hydrogens is 409 g/mol. The van der Waals surface area contributed by atoms with E-state index < -0.39 is 6.04 Å². The van der Waals surface area contributed by atoms with Gasteiger partial charge in [0.05, 0.1) is 5.60 Å². The van der Waals surface area contributed by atoms with Crippen molar-refractivity contribution in [1.29, 1.82) is 0 Å². The molecule has 2 amide bonds. The van der Waals surface area contributed by atoms with Gasteiger partial charge in [-0.1, -0.05) is 6.07 Å². The van der Waals surface area contributed by atoms with Crippen molar-refractivity contribution in [3.05, 3.63) is 29.6 Å². The fraction of sp³-hybridized carbons (Fsp3) is 0.680. The molecule has 1 aromatic rings. The number of ether oxygens (including phenoxy) is 1. The molecule has 3 saturated heterocycles. The molecule has 3 aliphatic heterocycles. The maximum absolute atomic E-state index is 15.0. The molecule has 1 spiro atoms. The molecule has 5 rings (SSSR count). The lowest BCUT2D eigenvalue weighted by atomic mass is 9.79. The van der Waals surface area contributed by atoms with Gasteiger partial charge >= 0.3 is 0 Å². The number of likely N-dealkylation sites (tertiary alicyclic amines) is 1. The van der Waals surface area contributed by atoms with Crippen LogP contribution in [0.2, 0.25) is 0 Å². The van der Waals surface area contributed by atoms with Crippen LogP contribution in [0.25, 0.3) is 0 Å². The Labute approximate surface area is 189 Å². The highest BCUT2D eigenvalue weighted by Gasteiger charge is 2.40. The van der Waals surface area contributed by atoms with E-state index in [9.17, 15) is 14.0 Å². The van der Waals surface area contributed by atoms with Crippen LogP contribution in [0, 0.1) is 5.82 Å².